The lowest BCUT2D eigenvalue weighted by Crippen LogP contribution is -2.63. The Morgan fingerprint density at radius 3 is 2.73 bits per heavy atom. The van der Waals surface area contributed by atoms with Crippen molar-refractivity contribution in [2.45, 2.75) is 32.6 Å². The van der Waals surface area contributed by atoms with Gasteiger partial charge in [-0.1, -0.05) is 23.7 Å². The summed E-state index contributed by atoms with van der Waals surface area (Å²) in [6.07, 6.45) is 1.12. The van der Waals surface area contributed by atoms with Gasteiger partial charge in [0.15, 0.2) is 12.2 Å². The van der Waals surface area contributed by atoms with Crippen LogP contribution in [0.25, 0.3) is 0 Å². The zero-order valence-corrected chi connectivity index (χ0v) is 17.7. The molecule has 10 heteroatoms. The molecule has 30 heavy (non-hydrogen) atoms. The Kier molecular flexibility index (Phi) is 5.15. The van der Waals surface area contributed by atoms with Crippen molar-refractivity contribution >= 4 is 35.5 Å². The number of imide groups is 1. The number of likely N-dealkylation sites (N-methyl/N-ethyl adjacent to an activating group) is 1. The van der Waals surface area contributed by atoms with Crippen molar-refractivity contribution in [2.24, 2.45) is 4.99 Å². The van der Waals surface area contributed by atoms with Crippen LogP contribution in [0.1, 0.15) is 19.4 Å². The largest absolute Gasteiger partial charge is 0.465 e. The monoisotopic (exact) mass is 431 g/mol. The molecule has 3 heterocycles. The first-order valence-corrected chi connectivity index (χ1v) is 10.00. The number of nitrogens with zero attached hydrogens (tertiary/aromatic N) is 5. The highest BCUT2D eigenvalue weighted by atomic mass is 35.5. The van der Waals surface area contributed by atoms with Crippen LogP contribution in [0.15, 0.2) is 41.2 Å². The minimum atomic E-state index is -0.691. The van der Waals surface area contributed by atoms with E-state index in [-0.39, 0.29) is 31.6 Å². The fraction of sp³-hybridized carbons (Fsp3) is 0.400. The van der Waals surface area contributed by atoms with Crippen LogP contribution in [0.5, 0.6) is 0 Å². The van der Waals surface area contributed by atoms with Crippen LogP contribution in [0.2, 0.25) is 5.02 Å². The van der Waals surface area contributed by atoms with Gasteiger partial charge in [-0.05, 0) is 31.5 Å². The summed E-state index contributed by atoms with van der Waals surface area (Å²) in [6.45, 7) is 3.96. The fourth-order valence-electron chi connectivity index (χ4n) is 3.90. The number of fused-ring (bicyclic) bond motifs is 3. The standard InChI is InChI=1S/C20H22ClN5O4/c1-4-30-15(27)11-24-12(2)9-25-16-17(22-19(24)25)23(3)20(29)26(18(16)28)10-13-6-5-7-14(21)8-13/h5-9,16-17H,4,10-11H2,1-3H3. The first-order chi connectivity index (χ1) is 14.3. The third kappa shape index (κ3) is 3.28. The number of benzene rings is 1. The molecule has 3 amide bonds. The van der Waals surface area contributed by atoms with Gasteiger partial charge >= 0.3 is 12.0 Å². The van der Waals surface area contributed by atoms with Crippen LogP contribution in [0.4, 0.5) is 4.79 Å². The average molecular weight is 432 g/mol. The Hall–Kier alpha value is -3.07. The minimum Gasteiger partial charge on any atom is -0.465 e. The number of ether oxygens (including phenoxy) is 1. The summed E-state index contributed by atoms with van der Waals surface area (Å²) >= 11 is 6.05. The molecule has 2 unspecified atom stereocenters. The number of aliphatic imine (C=N–C) groups is 1. The van der Waals surface area contributed by atoms with Gasteiger partial charge in [0.1, 0.15) is 6.54 Å². The van der Waals surface area contributed by atoms with E-state index in [1.54, 1.807) is 48.2 Å². The number of rotatable bonds is 5. The van der Waals surface area contributed by atoms with Gasteiger partial charge in [0.2, 0.25) is 5.96 Å². The second kappa shape index (κ2) is 7.64. The number of halogens is 1. The maximum Gasteiger partial charge on any atom is 0.328 e. The Morgan fingerprint density at radius 2 is 2.03 bits per heavy atom. The predicted octanol–water partition coefficient (Wildman–Crippen LogP) is 1.84. The Labute approximate surface area is 179 Å². The fourth-order valence-corrected chi connectivity index (χ4v) is 4.11. The number of allylic oxidation sites excluding steroid dienone is 1. The number of carbonyl (C=O) groups is 3. The van der Waals surface area contributed by atoms with E-state index in [0.717, 1.165) is 11.3 Å². The van der Waals surface area contributed by atoms with Crippen LogP contribution in [-0.4, -0.2) is 75.9 Å². The van der Waals surface area contributed by atoms with Crippen molar-refractivity contribution in [3.8, 4) is 0 Å². The lowest BCUT2D eigenvalue weighted by molar-refractivity contribution is -0.143. The zero-order valence-electron chi connectivity index (χ0n) is 16.9. The van der Waals surface area contributed by atoms with Crippen molar-refractivity contribution in [1.29, 1.82) is 0 Å². The maximum atomic E-state index is 13.3. The van der Waals surface area contributed by atoms with E-state index < -0.39 is 18.2 Å². The maximum absolute atomic E-state index is 13.3. The summed E-state index contributed by atoms with van der Waals surface area (Å²) in [5.41, 5.74) is 1.53. The van der Waals surface area contributed by atoms with Gasteiger partial charge in [-0.2, -0.15) is 0 Å². The number of carbonyl (C=O) groups excluding carboxylic acids is 3. The van der Waals surface area contributed by atoms with Crippen molar-refractivity contribution < 1.29 is 19.1 Å². The van der Waals surface area contributed by atoms with Gasteiger partial charge in [0.05, 0.1) is 13.2 Å². The molecule has 3 aliphatic rings. The lowest BCUT2D eigenvalue weighted by atomic mass is 10.1. The molecule has 0 N–H and O–H groups in total. The van der Waals surface area contributed by atoms with E-state index in [9.17, 15) is 14.4 Å². The number of hydrogen-bond donors (Lipinski definition) is 0. The molecule has 1 saturated heterocycles. The second-order valence-electron chi connectivity index (χ2n) is 7.30. The highest BCUT2D eigenvalue weighted by Crippen LogP contribution is 2.34. The van der Waals surface area contributed by atoms with E-state index in [4.69, 9.17) is 16.3 Å². The zero-order chi connectivity index (χ0) is 21.6. The first kappa shape index (κ1) is 20.2. The quantitative estimate of drug-likeness (QED) is 0.661. The van der Waals surface area contributed by atoms with E-state index in [1.807, 2.05) is 13.0 Å². The van der Waals surface area contributed by atoms with Gasteiger partial charge in [-0.3, -0.25) is 14.5 Å². The third-order valence-corrected chi connectivity index (χ3v) is 5.56. The van der Waals surface area contributed by atoms with Gasteiger partial charge in [0, 0.05) is 24.0 Å². The Balaban J connectivity index is 1.59. The topological polar surface area (TPSA) is 85.8 Å². The molecule has 1 aromatic rings. The number of amides is 3. The van der Waals surface area contributed by atoms with Crippen LogP contribution >= 0.6 is 11.6 Å². The summed E-state index contributed by atoms with van der Waals surface area (Å²) in [4.78, 5) is 48.9. The van der Waals surface area contributed by atoms with E-state index in [1.165, 1.54) is 9.80 Å². The average Bonchev–Trinajstić information content (AvgIpc) is 3.20. The van der Waals surface area contributed by atoms with Gasteiger partial charge in [-0.15, -0.1) is 0 Å². The van der Waals surface area contributed by atoms with Crippen molar-refractivity contribution in [1.82, 2.24) is 19.6 Å². The molecule has 9 nitrogen and oxygen atoms in total. The summed E-state index contributed by atoms with van der Waals surface area (Å²) in [7, 11) is 1.62. The minimum absolute atomic E-state index is 0.0109. The number of hydrogen-bond acceptors (Lipinski definition) is 7. The summed E-state index contributed by atoms with van der Waals surface area (Å²) in [6, 6.07) is 5.94. The predicted molar refractivity (Wildman–Crippen MR) is 109 cm³/mol. The third-order valence-electron chi connectivity index (χ3n) is 5.32. The molecular weight excluding hydrogens is 410 g/mol. The first-order valence-electron chi connectivity index (χ1n) is 9.62. The highest BCUT2D eigenvalue weighted by Gasteiger charge is 2.54. The van der Waals surface area contributed by atoms with Crippen molar-refractivity contribution in [2.75, 3.05) is 20.2 Å². The van der Waals surface area contributed by atoms with E-state index in [0.29, 0.717) is 11.0 Å². The van der Waals surface area contributed by atoms with Gasteiger partial charge in [0.25, 0.3) is 5.91 Å². The molecule has 158 valence electrons. The molecule has 1 aromatic carbocycles. The van der Waals surface area contributed by atoms with E-state index >= 15 is 0 Å². The number of urea groups is 1. The summed E-state index contributed by atoms with van der Waals surface area (Å²) in [5, 5.41) is 0.537. The molecule has 0 aromatic heterocycles. The normalized spacial score (nSPS) is 22.8. The van der Waals surface area contributed by atoms with Crippen LogP contribution in [0, 0.1) is 0 Å². The summed E-state index contributed by atoms with van der Waals surface area (Å²) in [5.74, 6) is -0.264. The molecule has 0 saturated carbocycles. The molecular formula is C20H22ClN5O4. The summed E-state index contributed by atoms with van der Waals surface area (Å²) < 4.78 is 5.04. The van der Waals surface area contributed by atoms with Crippen molar-refractivity contribution in [3.63, 3.8) is 0 Å². The smallest absolute Gasteiger partial charge is 0.328 e. The van der Waals surface area contributed by atoms with Crippen LogP contribution in [0.3, 0.4) is 0 Å². The Morgan fingerprint density at radius 1 is 1.27 bits per heavy atom. The second-order valence-corrected chi connectivity index (χ2v) is 7.74. The number of esters is 1. The highest BCUT2D eigenvalue weighted by molar-refractivity contribution is 6.30. The number of guanidine groups is 1. The Bertz CT molecular complexity index is 978. The SMILES string of the molecule is CCOC(=O)CN1C(C)=CN2C1=NC1C2C(=O)N(Cc2cccc(Cl)c2)C(=O)N1C. The van der Waals surface area contributed by atoms with Crippen molar-refractivity contribution in [3.05, 3.63) is 46.7 Å². The van der Waals surface area contributed by atoms with Crippen LogP contribution < -0.4 is 0 Å². The molecule has 0 aliphatic carbocycles. The molecule has 0 spiro atoms. The molecule has 0 radical (unpaired) electrons. The molecule has 1 fully saturated rings. The molecule has 4 rings (SSSR count). The molecule has 2 atom stereocenters. The molecule has 0 bridgehead atoms. The van der Waals surface area contributed by atoms with E-state index in [2.05, 4.69) is 4.99 Å². The van der Waals surface area contributed by atoms with Gasteiger partial charge in [-0.25, -0.2) is 9.79 Å². The lowest BCUT2D eigenvalue weighted by Gasteiger charge is -2.40. The molecule has 3 aliphatic heterocycles. The van der Waals surface area contributed by atoms with Crippen LogP contribution in [-0.2, 0) is 20.9 Å². The van der Waals surface area contributed by atoms with Gasteiger partial charge < -0.3 is 19.4 Å².